The van der Waals surface area contributed by atoms with Gasteiger partial charge in [0.2, 0.25) is 0 Å². The molecule has 0 unspecified atom stereocenters. The topological polar surface area (TPSA) is 30.7 Å². The minimum absolute atomic E-state index is 0.768. The van der Waals surface area contributed by atoms with Crippen LogP contribution in [0.3, 0.4) is 0 Å². The fourth-order valence-corrected chi connectivity index (χ4v) is 3.84. The van der Waals surface area contributed by atoms with Gasteiger partial charge in [0.15, 0.2) is 0 Å². The average molecular weight is 322 g/mol. The van der Waals surface area contributed by atoms with Gasteiger partial charge >= 0.3 is 0 Å². The lowest BCUT2D eigenvalue weighted by molar-refractivity contribution is 0.665. The Hall–Kier alpha value is -1.30. The highest BCUT2D eigenvalue weighted by Gasteiger charge is 2.14. The van der Waals surface area contributed by atoms with Crippen LogP contribution >= 0.6 is 34.7 Å². The summed E-state index contributed by atoms with van der Waals surface area (Å²) in [7, 11) is 1.92. The Labute approximate surface area is 130 Å². The monoisotopic (exact) mass is 321 g/mol. The molecular weight excluding hydrogens is 310 g/mol. The van der Waals surface area contributed by atoms with Gasteiger partial charge in [-0.25, -0.2) is 4.68 Å². The molecule has 2 heterocycles. The van der Waals surface area contributed by atoms with Gasteiger partial charge in [-0.2, -0.15) is 0 Å². The van der Waals surface area contributed by atoms with Crippen LogP contribution in [0, 0.1) is 0 Å². The fourth-order valence-electron chi connectivity index (χ4n) is 1.86. The molecule has 0 N–H and O–H groups in total. The predicted octanol–water partition coefficient (Wildman–Crippen LogP) is 4.49. The number of benzene rings is 1. The van der Waals surface area contributed by atoms with Gasteiger partial charge in [-0.3, -0.25) is 0 Å². The SMILES string of the molecule is Cn1nnc(-c2cccs2)c1SCc1cccc(Cl)c1. The van der Waals surface area contributed by atoms with Crippen LogP contribution in [0.2, 0.25) is 5.02 Å². The predicted molar refractivity (Wildman–Crippen MR) is 85.3 cm³/mol. The molecule has 20 heavy (non-hydrogen) atoms. The second kappa shape index (κ2) is 5.99. The molecule has 1 aromatic carbocycles. The van der Waals surface area contributed by atoms with Crippen molar-refractivity contribution < 1.29 is 0 Å². The molecule has 0 aliphatic heterocycles. The van der Waals surface area contributed by atoms with Crippen molar-refractivity contribution in [2.24, 2.45) is 7.05 Å². The van der Waals surface area contributed by atoms with Crippen molar-refractivity contribution in [3.63, 3.8) is 0 Å². The maximum Gasteiger partial charge on any atom is 0.136 e. The number of rotatable bonds is 4. The number of aryl methyl sites for hydroxylation is 1. The summed E-state index contributed by atoms with van der Waals surface area (Å²) in [6.45, 7) is 0. The molecule has 0 aliphatic rings. The summed E-state index contributed by atoms with van der Waals surface area (Å²) in [6.07, 6.45) is 0. The summed E-state index contributed by atoms with van der Waals surface area (Å²) < 4.78 is 1.82. The van der Waals surface area contributed by atoms with Crippen LogP contribution in [0.15, 0.2) is 46.8 Å². The molecule has 6 heteroatoms. The Kier molecular flexibility index (Phi) is 4.10. The van der Waals surface area contributed by atoms with Crippen LogP contribution in [0.25, 0.3) is 10.6 Å². The smallest absolute Gasteiger partial charge is 0.136 e. The molecule has 0 amide bonds. The average Bonchev–Trinajstić information content (AvgIpc) is 3.06. The van der Waals surface area contributed by atoms with Gasteiger partial charge in [-0.15, -0.1) is 16.4 Å². The highest BCUT2D eigenvalue weighted by Crippen LogP contribution is 2.33. The van der Waals surface area contributed by atoms with E-state index in [0.717, 1.165) is 26.4 Å². The maximum atomic E-state index is 6.01. The minimum atomic E-state index is 0.768. The third-order valence-corrected chi connectivity index (χ3v) is 5.11. The number of halogens is 1. The summed E-state index contributed by atoms with van der Waals surface area (Å²) in [6, 6.07) is 12.0. The highest BCUT2D eigenvalue weighted by molar-refractivity contribution is 7.98. The molecule has 0 fully saturated rings. The molecule has 0 aliphatic carbocycles. The molecule has 2 aromatic heterocycles. The van der Waals surface area contributed by atoms with Crippen molar-refractivity contribution in [2.75, 3.05) is 0 Å². The molecule has 102 valence electrons. The number of hydrogen-bond donors (Lipinski definition) is 0. The summed E-state index contributed by atoms with van der Waals surface area (Å²) >= 11 is 9.42. The van der Waals surface area contributed by atoms with Gasteiger partial charge in [-0.1, -0.05) is 46.8 Å². The second-order valence-electron chi connectivity index (χ2n) is 4.26. The van der Waals surface area contributed by atoms with E-state index < -0.39 is 0 Å². The second-order valence-corrected chi connectivity index (χ2v) is 6.61. The zero-order valence-corrected chi connectivity index (χ0v) is 13.2. The molecule has 0 radical (unpaired) electrons. The Balaban J connectivity index is 1.83. The number of thiophene rings is 1. The van der Waals surface area contributed by atoms with E-state index in [2.05, 4.69) is 27.8 Å². The number of thioether (sulfide) groups is 1. The fraction of sp³-hybridized carbons (Fsp3) is 0.143. The molecule has 0 saturated carbocycles. The van der Waals surface area contributed by atoms with E-state index in [4.69, 9.17) is 11.6 Å². The van der Waals surface area contributed by atoms with E-state index in [-0.39, 0.29) is 0 Å². The van der Waals surface area contributed by atoms with E-state index in [1.165, 1.54) is 5.56 Å². The molecule has 3 nitrogen and oxygen atoms in total. The van der Waals surface area contributed by atoms with Gasteiger partial charge in [0.1, 0.15) is 10.7 Å². The standard InChI is InChI=1S/C14H12ClN3S2/c1-18-14(13(16-17-18)12-6-3-7-19-12)20-9-10-4-2-5-11(15)8-10/h2-8H,9H2,1H3. The third-order valence-electron chi connectivity index (χ3n) is 2.79. The molecule has 3 aromatic rings. The molecule has 0 atom stereocenters. The van der Waals surface area contributed by atoms with Gasteiger partial charge in [0, 0.05) is 17.8 Å². The summed E-state index contributed by atoms with van der Waals surface area (Å²) in [4.78, 5) is 1.15. The Morgan fingerprint density at radius 1 is 1.30 bits per heavy atom. The number of nitrogens with zero attached hydrogens (tertiary/aromatic N) is 3. The number of aromatic nitrogens is 3. The van der Waals surface area contributed by atoms with Gasteiger partial charge < -0.3 is 0 Å². The lowest BCUT2D eigenvalue weighted by atomic mass is 10.2. The van der Waals surface area contributed by atoms with E-state index in [0.29, 0.717) is 0 Å². The zero-order chi connectivity index (χ0) is 13.9. The first-order valence-electron chi connectivity index (χ1n) is 6.05. The third kappa shape index (κ3) is 2.90. The maximum absolute atomic E-state index is 6.01. The van der Waals surface area contributed by atoms with Gasteiger partial charge in [0.25, 0.3) is 0 Å². The molecule has 0 bridgehead atoms. The Bertz CT molecular complexity index is 707. The van der Waals surface area contributed by atoms with Crippen LogP contribution < -0.4 is 0 Å². The molecule has 3 rings (SSSR count). The van der Waals surface area contributed by atoms with Gasteiger partial charge in [-0.05, 0) is 29.1 Å². The van der Waals surface area contributed by atoms with E-state index in [9.17, 15) is 0 Å². The lowest BCUT2D eigenvalue weighted by Crippen LogP contribution is -1.93. The summed E-state index contributed by atoms with van der Waals surface area (Å²) in [5.74, 6) is 0.847. The van der Waals surface area contributed by atoms with Crippen LogP contribution in [0.4, 0.5) is 0 Å². The summed E-state index contributed by atoms with van der Waals surface area (Å²) in [5, 5.41) is 12.3. The minimum Gasteiger partial charge on any atom is -0.241 e. The van der Waals surface area contributed by atoms with Crippen molar-refractivity contribution in [1.29, 1.82) is 0 Å². The Morgan fingerprint density at radius 2 is 2.20 bits per heavy atom. The van der Waals surface area contributed by atoms with Gasteiger partial charge in [0.05, 0.1) is 4.88 Å². The van der Waals surface area contributed by atoms with Crippen LogP contribution in [0.1, 0.15) is 5.56 Å². The first kappa shape index (κ1) is 13.7. The zero-order valence-electron chi connectivity index (χ0n) is 10.8. The van der Waals surface area contributed by atoms with Crippen molar-refractivity contribution in [1.82, 2.24) is 15.0 Å². The van der Waals surface area contributed by atoms with E-state index in [1.807, 2.05) is 36.0 Å². The number of hydrogen-bond acceptors (Lipinski definition) is 4. The lowest BCUT2D eigenvalue weighted by Gasteiger charge is -2.04. The van der Waals surface area contributed by atoms with Crippen molar-refractivity contribution in [2.45, 2.75) is 10.8 Å². The van der Waals surface area contributed by atoms with Crippen molar-refractivity contribution in [3.8, 4) is 10.6 Å². The normalized spacial score (nSPS) is 10.9. The first-order chi connectivity index (χ1) is 9.74. The Morgan fingerprint density at radius 3 is 2.95 bits per heavy atom. The summed E-state index contributed by atoms with van der Waals surface area (Å²) in [5.41, 5.74) is 2.15. The van der Waals surface area contributed by atoms with E-state index >= 15 is 0 Å². The van der Waals surface area contributed by atoms with Crippen LogP contribution in [-0.4, -0.2) is 15.0 Å². The molecule has 0 saturated heterocycles. The largest absolute Gasteiger partial charge is 0.241 e. The quantitative estimate of drug-likeness (QED) is 0.663. The highest BCUT2D eigenvalue weighted by atomic mass is 35.5. The van der Waals surface area contributed by atoms with Crippen LogP contribution in [-0.2, 0) is 12.8 Å². The van der Waals surface area contributed by atoms with Crippen molar-refractivity contribution in [3.05, 3.63) is 52.4 Å². The van der Waals surface area contributed by atoms with Crippen LogP contribution in [0.5, 0.6) is 0 Å². The first-order valence-corrected chi connectivity index (χ1v) is 8.29. The molecular formula is C14H12ClN3S2. The van der Waals surface area contributed by atoms with Crippen molar-refractivity contribution >= 4 is 34.7 Å². The molecule has 0 spiro atoms. The van der Waals surface area contributed by atoms with E-state index in [1.54, 1.807) is 23.1 Å².